The first-order chi connectivity index (χ1) is 13.4. The van der Waals surface area contributed by atoms with Gasteiger partial charge in [0, 0.05) is 18.1 Å². The number of carbonyl (C=O) groups excluding carboxylic acids is 2. The summed E-state index contributed by atoms with van der Waals surface area (Å²) in [6.45, 7) is 4.01. The lowest BCUT2D eigenvalue weighted by atomic mass is 10.0. The molecule has 1 aromatic carbocycles. The first-order valence-corrected chi connectivity index (χ1v) is 9.83. The summed E-state index contributed by atoms with van der Waals surface area (Å²) < 4.78 is 24.7. The predicted octanol–water partition coefficient (Wildman–Crippen LogP) is 1.95. The molecule has 0 saturated carbocycles. The molecule has 3 aliphatic rings. The van der Waals surface area contributed by atoms with Crippen molar-refractivity contribution in [2.75, 3.05) is 32.8 Å². The Labute approximate surface area is 167 Å². The Bertz CT molecular complexity index is 774. The maximum absolute atomic E-state index is 13.2. The van der Waals surface area contributed by atoms with Gasteiger partial charge in [-0.25, -0.2) is 9.18 Å². The van der Waals surface area contributed by atoms with Crippen LogP contribution in [0.4, 0.5) is 9.18 Å². The molecule has 0 bridgehead atoms. The highest BCUT2D eigenvalue weighted by atomic mass is 35.5. The van der Waals surface area contributed by atoms with Crippen molar-refractivity contribution in [3.05, 3.63) is 34.6 Å². The number of urea groups is 1. The van der Waals surface area contributed by atoms with Crippen LogP contribution in [-0.2, 0) is 14.3 Å². The number of likely N-dealkylation sites (tertiary alicyclic amines) is 2. The van der Waals surface area contributed by atoms with E-state index in [-0.39, 0.29) is 48.7 Å². The minimum absolute atomic E-state index is 0.0180. The Morgan fingerprint density at radius 3 is 2.89 bits per heavy atom. The molecule has 3 amide bonds. The van der Waals surface area contributed by atoms with Crippen molar-refractivity contribution in [2.45, 2.75) is 37.7 Å². The maximum Gasteiger partial charge on any atom is 0.320 e. The maximum atomic E-state index is 13.2. The Hall–Kier alpha value is -1.90. The second kappa shape index (κ2) is 7.85. The summed E-state index contributed by atoms with van der Waals surface area (Å²) in [4.78, 5) is 27.7. The molecule has 0 aliphatic carbocycles. The van der Waals surface area contributed by atoms with Gasteiger partial charge < -0.3 is 24.6 Å². The molecule has 3 saturated heterocycles. The molecule has 1 unspecified atom stereocenters. The molecule has 0 aromatic heterocycles. The lowest BCUT2D eigenvalue weighted by molar-refractivity contribution is -0.140. The fraction of sp³-hybridized carbons (Fsp3) is 0.579. The van der Waals surface area contributed by atoms with Crippen molar-refractivity contribution >= 4 is 23.5 Å². The van der Waals surface area contributed by atoms with Gasteiger partial charge in [0.05, 0.1) is 37.4 Å². The van der Waals surface area contributed by atoms with Crippen molar-refractivity contribution in [3.8, 4) is 0 Å². The van der Waals surface area contributed by atoms with Gasteiger partial charge in [-0.3, -0.25) is 4.79 Å². The fourth-order valence-corrected chi connectivity index (χ4v) is 4.27. The van der Waals surface area contributed by atoms with Gasteiger partial charge >= 0.3 is 6.03 Å². The SMILES string of the molecule is CC(OC1CN(C(=O)N2CC[C@@H]3OCC(=O)N[C@@H]3C2)C1)c1ccc(F)cc1Cl. The molecule has 9 heteroatoms. The number of benzene rings is 1. The predicted molar refractivity (Wildman–Crippen MR) is 99.5 cm³/mol. The van der Waals surface area contributed by atoms with E-state index in [1.807, 2.05) is 6.92 Å². The van der Waals surface area contributed by atoms with E-state index in [0.29, 0.717) is 37.6 Å². The van der Waals surface area contributed by atoms with Crippen molar-refractivity contribution in [3.63, 3.8) is 0 Å². The fourth-order valence-electron chi connectivity index (χ4n) is 3.95. The first kappa shape index (κ1) is 19.4. The van der Waals surface area contributed by atoms with Gasteiger partial charge in [-0.1, -0.05) is 17.7 Å². The van der Waals surface area contributed by atoms with Gasteiger partial charge in [-0.05, 0) is 31.0 Å². The van der Waals surface area contributed by atoms with E-state index in [9.17, 15) is 14.0 Å². The van der Waals surface area contributed by atoms with Crippen molar-refractivity contribution in [1.82, 2.24) is 15.1 Å². The molecule has 1 N–H and O–H groups in total. The number of piperidine rings is 1. The molecule has 4 rings (SSSR count). The molecule has 28 heavy (non-hydrogen) atoms. The van der Waals surface area contributed by atoms with Gasteiger partial charge in [0.1, 0.15) is 12.4 Å². The average molecular weight is 412 g/mol. The zero-order chi connectivity index (χ0) is 19.8. The Balaban J connectivity index is 1.26. The first-order valence-electron chi connectivity index (χ1n) is 9.46. The quantitative estimate of drug-likeness (QED) is 0.825. The van der Waals surface area contributed by atoms with E-state index >= 15 is 0 Å². The summed E-state index contributed by atoms with van der Waals surface area (Å²) in [6.07, 6.45) is 0.316. The molecule has 7 nitrogen and oxygen atoms in total. The van der Waals surface area contributed by atoms with Crippen LogP contribution in [0.1, 0.15) is 25.0 Å². The number of hydrogen-bond acceptors (Lipinski definition) is 4. The third-order valence-corrected chi connectivity index (χ3v) is 5.84. The smallest absolute Gasteiger partial charge is 0.320 e. The van der Waals surface area contributed by atoms with Crippen molar-refractivity contribution in [1.29, 1.82) is 0 Å². The number of morpholine rings is 1. The molecular formula is C19H23ClFN3O4. The summed E-state index contributed by atoms with van der Waals surface area (Å²) in [5.74, 6) is -0.522. The van der Waals surface area contributed by atoms with E-state index in [0.717, 1.165) is 5.56 Å². The zero-order valence-electron chi connectivity index (χ0n) is 15.6. The number of nitrogens with zero attached hydrogens (tertiary/aromatic N) is 2. The van der Waals surface area contributed by atoms with Gasteiger partial charge in [-0.2, -0.15) is 0 Å². The summed E-state index contributed by atoms with van der Waals surface area (Å²) in [5.41, 5.74) is 0.725. The van der Waals surface area contributed by atoms with Gasteiger partial charge in [0.2, 0.25) is 5.91 Å². The normalized spacial score (nSPS) is 26.3. The highest BCUT2D eigenvalue weighted by Crippen LogP contribution is 2.29. The van der Waals surface area contributed by atoms with E-state index in [4.69, 9.17) is 21.1 Å². The summed E-state index contributed by atoms with van der Waals surface area (Å²) in [6, 6.07) is 4.05. The second-order valence-corrected chi connectivity index (χ2v) is 7.92. The van der Waals surface area contributed by atoms with Crippen LogP contribution >= 0.6 is 11.6 Å². The Kier molecular flexibility index (Phi) is 5.44. The largest absolute Gasteiger partial charge is 0.367 e. The third kappa shape index (κ3) is 3.94. The average Bonchev–Trinajstić information content (AvgIpc) is 2.63. The molecule has 0 radical (unpaired) electrons. The van der Waals surface area contributed by atoms with Crippen LogP contribution in [0.2, 0.25) is 5.02 Å². The minimum Gasteiger partial charge on any atom is -0.367 e. The lowest BCUT2D eigenvalue weighted by Crippen LogP contribution is -2.65. The van der Waals surface area contributed by atoms with Crippen LogP contribution in [-0.4, -0.2) is 72.8 Å². The Morgan fingerprint density at radius 2 is 2.14 bits per heavy atom. The van der Waals surface area contributed by atoms with Crippen molar-refractivity contribution < 1.29 is 23.5 Å². The van der Waals surface area contributed by atoms with Crippen LogP contribution in [0.3, 0.4) is 0 Å². The van der Waals surface area contributed by atoms with E-state index < -0.39 is 0 Å². The van der Waals surface area contributed by atoms with E-state index in [1.54, 1.807) is 15.9 Å². The Morgan fingerprint density at radius 1 is 1.36 bits per heavy atom. The van der Waals surface area contributed by atoms with Crippen LogP contribution in [0.5, 0.6) is 0 Å². The highest BCUT2D eigenvalue weighted by Gasteiger charge is 2.40. The number of rotatable bonds is 3. The number of ether oxygens (including phenoxy) is 2. The van der Waals surface area contributed by atoms with Crippen LogP contribution in [0, 0.1) is 5.82 Å². The van der Waals surface area contributed by atoms with Crippen LogP contribution in [0.15, 0.2) is 18.2 Å². The summed E-state index contributed by atoms with van der Waals surface area (Å²) in [7, 11) is 0. The standard InChI is InChI=1S/C19H23ClFN3O4/c1-11(14-3-2-12(21)6-15(14)20)28-13-7-24(8-13)19(26)23-5-4-17-16(9-23)22-18(25)10-27-17/h2-3,6,11,13,16-17H,4-5,7-10H2,1H3,(H,22,25)/t11?,16-,17+/m1/s1. The number of nitrogens with one attached hydrogen (secondary N) is 1. The summed E-state index contributed by atoms with van der Waals surface area (Å²) >= 11 is 6.08. The number of hydrogen-bond donors (Lipinski definition) is 1. The third-order valence-electron chi connectivity index (χ3n) is 5.51. The number of fused-ring (bicyclic) bond motifs is 1. The molecule has 3 heterocycles. The van der Waals surface area contributed by atoms with Crippen molar-refractivity contribution in [2.24, 2.45) is 0 Å². The van der Waals surface area contributed by atoms with Gasteiger partial charge in [-0.15, -0.1) is 0 Å². The highest BCUT2D eigenvalue weighted by molar-refractivity contribution is 6.31. The van der Waals surface area contributed by atoms with Crippen LogP contribution < -0.4 is 5.32 Å². The molecule has 3 fully saturated rings. The van der Waals surface area contributed by atoms with E-state index in [2.05, 4.69) is 5.32 Å². The molecule has 0 spiro atoms. The van der Waals surface area contributed by atoms with Gasteiger partial charge in [0.25, 0.3) is 0 Å². The summed E-state index contributed by atoms with van der Waals surface area (Å²) in [5, 5.41) is 3.23. The topological polar surface area (TPSA) is 71.1 Å². The molecule has 3 aliphatic heterocycles. The second-order valence-electron chi connectivity index (χ2n) is 7.51. The lowest BCUT2D eigenvalue weighted by Gasteiger charge is -2.46. The molecule has 3 atom stereocenters. The molecule has 1 aromatic rings. The monoisotopic (exact) mass is 411 g/mol. The number of halogens is 2. The number of carbonyl (C=O) groups is 2. The van der Waals surface area contributed by atoms with E-state index in [1.165, 1.54) is 12.1 Å². The number of amides is 3. The van der Waals surface area contributed by atoms with Crippen LogP contribution in [0.25, 0.3) is 0 Å². The molecular weight excluding hydrogens is 389 g/mol. The molecule has 152 valence electrons. The van der Waals surface area contributed by atoms with Gasteiger partial charge in [0.15, 0.2) is 0 Å². The minimum atomic E-state index is -0.385. The zero-order valence-corrected chi connectivity index (χ0v) is 16.3.